The average Bonchev–Trinajstić information content (AvgIpc) is 2.89. The van der Waals surface area contributed by atoms with Crippen LogP contribution in [-0.4, -0.2) is 48.9 Å². The summed E-state index contributed by atoms with van der Waals surface area (Å²) in [6.45, 7) is 7.04. The minimum atomic E-state index is -0.882. The summed E-state index contributed by atoms with van der Waals surface area (Å²) >= 11 is 1.44. The SMILES string of the molecule is CCCCCc1nnc(NC(=O)N2CC[S@@](=O)C(C)(C)C2)s1. The van der Waals surface area contributed by atoms with E-state index < -0.39 is 10.8 Å². The van der Waals surface area contributed by atoms with E-state index in [0.717, 1.165) is 17.8 Å². The maximum atomic E-state index is 12.3. The molecule has 2 rings (SSSR count). The predicted octanol–water partition coefficient (Wildman–Crippen LogP) is 2.65. The Balaban J connectivity index is 1.88. The fraction of sp³-hybridized carbons (Fsp3) is 0.786. The fourth-order valence-electron chi connectivity index (χ4n) is 2.36. The van der Waals surface area contributed by atoms with Gasteiger partial charge in [-0.05, 0) is 20.3 Å². The molecule has 1 saturated heterocycles. The zero-order valence-corrected chi connectivity index (χ0v) is 15.1. The number of carbonyl (C=O) groups excluding carboxylic acids is 1. The van der Waals surface area contributed by atoms with Crippen molar-refractivity contribution in [1.82, 2.24) is 15.1 Å². The van der Waals surface area contributed by atoms with Gasteiger partial charge in [-0.25, -0.2) is 4.79 Å². The van der Waals surface area contributed by atoms with E-state index in [4.69, 9.17) is 0 Å². The van der Waals surface area contributed by atoms with E-state index in [1.165, 1.54) is 24.2 Å². The molecule has 1 aromatic rings. The Morgan fingerprint density at radius 1 is 1.41 bits per heavy atom. The van der Waals surface area contributed by atoms with Crippen LogP contribution in [0.3, 0.4) is 0 Å². The van der Waals surface area contributed by atoms with E-state index >= 15 is 0 Å². The van der Waals surface area contributed by atoms with Crippen molar-refractivity contribution in [3.05, 3.63) is 5.01 Å². The van der Waals surface area contributed by atoms with Gasteiger partial charge in [0.15, 0.2) is 0 Å². The van der Waals surface area contributed by atoms with Gasteiger partial charge in [0, 0.05) is 36.1 Å². The van der Waals surface area contributed by atoms with Crippen molar-refractivity contribution in [2.24, 2.45) is 0 Å². The van der Waals surface area contributed by atoms with Crippen LogP contribution < -0.4 is 5.32 Å². The third-order valence-electron chi connectivity index (χ3n) is 3.70. The molecule has 8 heteroatoms. The van der Waals surface area contributed by atoms with Crippen LogP contribution in [0.1, 0.15) is 45.0 Å². The molecule has 1 aliphatic rings. The Morgan fingerprint density at radius 2 is 2.18 bits per heavy atom. The standard InChI is InChI=1S/C14H24N4O2S2/c1-4-5-6-7-11-16-17-12(21-11)15-13(19)18-8-9-22(20)14(2,3)10-18/h4-10H2,1-3H3,(H,15,17,19)/t22-/m1/s1. The summed E-state index contributed by atoms with van der Waals surface area (Å²) in [6.07, 6.45) is 4.37. The number of nitrogens with one attached hydrogen (secondary N) is 1. The number of unbranched alkanes of at least 4 members (excludes halogenated alkanes) is 2. The molecule has 1 atom stereocenters. The first-order chi connectivity index (χ1) is 10.4. The van der Waals surface area contributed by atoms with Crippen molar-refractivity contribution in [3.8, 4) is 0 Å². The van der Waals surface area contributed by atoms with E-state index in [1.54, 1.807) is 4.90 Å². The molecule has 2 amide bonds. The predicted molar refractivity (Wildman–Crippen MR) is 90.8 cm³/mol. The maximum Gasteiger partial charge on any atom is 0.323 e. The Bertz CT molecular complexity index is 545. The Morgan fingerprint density at radius 3 is 2.86 bits per heavy atom. The van der Waals surface area contributed by atoms with Crippen molar-refractivity contribution < 1.29 is 9.00 Å². The van der Waals surface area contributed by atoms with E-state index in [1.807, 2.05) is 13.8 Å². The molecule has 1 N–H and O–H groups in total. The molecular weight excluding hydrogens is 320 g/mol. The van der Waals surface area contributed by atoms with Gasteiger partial charge in [0.2, 0.25) is 5.13 Å². The van der Waals surface area contributed by atoms with Crippen LogP contribution in [0.25, 0.3) is 0 Å². The number of anilines is 1. The second-order valence-electron chi connectivity index (χ2n) is 6.12. The Labute approximate surface area is 138 Å². The maximum absolute atomic E-state index is 12.3. The molecule has 0 aromatic carbocycles. The van der Waals surface area contributed by atoms with Gasteiger partial charge in [-0.15, -0.1) is 10.2 Å². The third-order valence-corrected chi connectivity index (χ3v) is 6.51. The van der Waals surface area contributed by atoms with Gasteiger partial charge in [0.25, 0.3) is 0 Å². The smallest absolute Gasteiger partial charge is 0.322 e. The third kappa shape index (κ3) is 4.49. The molecule has 0 aliphatic carbocycles. The first-order valence-electron chi connectivity index (χ1n) is 7.69. The van der Waals surface area contributed by atoms with Crippen LogP contribution in [0.15, 0.2) is 0 Å². The van der Waals surface area contributed by atoms with Crippen LogP contribution in [0, 0.1) is 0 Å². The topological polar surface area (TPSA) is 75.2 Å². The quantitative estimate of drug-likeness (QED) is 0.833. The summed E-state index contributed by atoms with van der Waals surface area (Å²) in [5, 5.41) is 12.5. The van der Waals surface area contributed by atoms with E-state index in [2.05, 4.69) is 22.4 Å². The summed E-state index contributed by atoms with van der Waals surface area (Å²) < 4.78 is 11.5. The van der Waals surface area contributed by atoms with Crippen molar-refractivity contribution in [2.75, 3.05) is 24.2 Å². The average molecular weight is 345 g/mol. The van der Waals surface area contributed by atoms with Crippen molar-refractivity contribution in [1.29, 1.82) is 0 Å². The van der Waals surface area contributed by atoms with Gasteiger partial charge in [-0.3, -0.25) is 9.53 Å². The summed E-state index contributed by atoms with van der Waals surface area (Å²) in [5.74, 6) is 0.527. The molecule has 0 bridgehead atoms. The molecule has 1 aliphatic heterocycles. The second-order valence-corrected chi connectivity index (χ2v) is 9.39. The molecular formula is C14H24N4O2S2. The van der Waals surface area contributed by atoms with Gasteiger partial charge in [-0.2, -0.15) is 0 Å². The molecule has 6 nitrogen and oxygen atoms in total. The summed E-state index contributed by atoms with van der Waals surface area (Å²) in [5.41, 5.74) is 0. The molecule has 0 spiro atoms. The largest absolute Gasteiger partial charge is 0.323 e. The molecule has 1 fully saturated rings. The van der Waals surface area contributed by atoms with Crippen molar-refractivity contribution >= 4 is 33.3 Å². The van der Waals surface area contributed by atoms with E-state index in [9.17, 15) is 9.00 Å². The molecule has 0 unspecified atom stereocenters. The molecule has 0 radical (unpaired) electrons. The fourth-order valence-corrected chi connectivity index (χ4v) is 4.37. The van der Waals surface area contributed by atoms with Crippen LogP contribution in [0.4, 0.5) is 9.93 Å². The van der Waals surface area contributed by atoms with Crippen LogP contribution in [0.2, 0.25) is 0 Å². The van der Waals surface area contributed by atoms with E-state index in [-0.39, 0.29) is 10.8 Å². The number of urea groups is 1. The summed E-state index contributed by atoms with van der Waals surface area (Å²) in [6, 6.07) is -0.180. The monoisotopic (exact) mass is 344 g/mol. The highest BCUT2D eigenvalue weighted by atomic mass is 32.2. The van der Waals surface area contributed by atoms with Crippen LogP contribution in [-0.2, 0) is 17.2 Å². The first kappa shape index (κ1) is 17.3. The normalized spacial score (nSPS) is 20.9. The number of carbonyl (C=O) groups is 1. The van der Waals surface area contributed by atoms with Gasteiger partial charge < -0.3 is 4.90 Å². The number of hydrogen-bond acceptors (Lipinski definition) is 5. The van der Waals surface area contributed by atoms with E-state index in [0.29, 0.717) is 24.0 Å². The Hall–Kier alpha value is -1.02. The first-order valence-corrected chi connectivity index (χ1v) is 9.82. The lowest BCUT2D eigenvalue weighted by Crippen LogP contribution is -2.53. The molecule has 22 heavy (non-hydrogen) atoms. The zero-order chi connectivity index (χ0) is 16.2. The van der Waals surface area contributed by atoms with Gasteiger partial charge in [-0.1, -0.05) is 31.1 Å². The lowest BCUT2D eigenvalue weighted by atomic mass is 10.2. The van der Waals surface area contributed by atoms with Gasteiger partial charge in [0.1, 0.15) is 5.01 Å². The molecule has 0 saturated carbocycles. The summed E-state index contributed by atoms with van der Waals surface area (Å²) in [4.78, 5) is 14.0. The van der Waals surface area contributed by atoms with Crippen molar-refractivity contribution in [3.63, 3.8) is 0 Å². The molecule has 124 valence electrons. The van der Waals surface area contributed by atoms with Crippen molar-refractivity contribution in [2.45, 2.75) is 51.2 Å². The van der Waals surface area contributed by atoms with Crippen LogP contribution in [0.5, 0.6) is 0 Å². The zero-order valence-electron chi connectivity index (χ0n) is 13.4. The second kappa shape index (κ2) is 7.50. The minimum absolute atomic E-state index is 0.180. The lowest BCUT2D eigenvalue weighted by Gasteiger charge is -2.36. The number of aryl methyl sites for hydroxylation is 1. The Kier molecular flexibility index (Phi) is 5.91. The molecule has 2 heterocycles. The van der Waals surface area contributed by atoms with Crippen LogP contribution >= 0.6 is 11.3 Å². The van der Waals surface area contributed by atoms with Gasteiger partial charge in [0.05, 0.1) is 4.75 Å². The number of nitrogens with zero attached hydrogens (tertiary/aromatic N) is 3. The highest BCUT2D eigenvalue weighted by Crippen LogP contribution is 2.22. The summed E-state index contributed by atoms with van der Waals surface area (Å²) in [7, 11) is -0.882. The molecule has 1 aromatic heterocycles. The highest BCUT2D eigenvalue weighted by molar-refractivity contribution is 7.86. The number of amides is 2. The number of aromatic nitrogens is 2. The minimum Gasteiger partial charge on any atom is -0.322 e. The highest BCUT2D eigenvalue weighted by Gasteiger charge is 2.35. The number of rotatable bonds is 5. The van der Waals surface area contributed by atoms with Gasteiger partial charge >= 0.3 is 6.03 Å². The number of hydrogen-bond donors (Lipinski definition) is 1. The lowest BCUT2D eigenvalue weighted by molar-refractivity contribution is 0.207.